The van der Waals surface area contributed by atoms with Gasteiger partial charge in [0.2, 0.25) is 0 Å². The Morgan fingerprint density at radius 1 is 0.562 bits per heavy atom. The van der Waals surface area contributed by atoms with Gasteiger partial charge in [0.15, 0.2) is 0 Å². The monoisotopic (exact) mass is 414 g/mol. The second kappa shape index (κ2) is 6.74. The minimum absolute atomic E-state index is 0.0379. The zero-order chi connectivity index (χ0) is 21.1. The molecule has 0 amide bonds. The maximum absolute atomic E-state index is 3.66. The fraction of sp³-hybridized carbons (Fsp3) is 0.0714. The molecule has 4 aromatic carbocycles. The number of hydrogen-bond donors (Lipinski definition) is 2. The first-order valence-electron chi connectivity index (χ1n) is 11.1. The van der Waals surface area contributed by atoms with Crippen molar-refractivity contribution in [3.8, 4) is 0 Å². The number of rotatable bonds is 2. The van der Waals surface area contributed by atoms with Gasteiger partial charge in [-0.05, 0) is 30.3 Å². The van der Waals surface area contributed by atoms with E-state index in [1.807, 2.05) is 0 Å². The van der Waals surface area contributed by atoms with Gasteiger partial charge in [0.25, 0.3) is 0 Å². The van der Waals surface area contributed by atoms with Crippen molar-refractivity contribution in [2.24, 2.45) is 0 Å². The largest absolute Gasteiger partial charge is 0.359 e. The van der Waals surface area contributed by atoms with E-state index >= 15 is 0 Å². The Labute approximate surface area is 185 Å². The third-order valence-corrected chi connectivity index (χ3v) is 6.61. The van der Waals surface area contributed by atoms with Crippen LogP contribution in [0.25, 0.3) is 49.4 Å². The van der Waals surface area contributed by atoms with Crippen molar-refractivity contribution >= 4 is 49.4 Å². The second-order valence-corrected chi connectivity index (χ2v) is 8.33. The number of benzene rings is 4. The lowest BCUT2D eigenvalue weighted by molar-refractivity contribution is 0.471. The van der Waals surface area contributed by atoms with Crippen molar-refractivity contribution < 1.29 is 0 Å². The maximum Gasteiger partial charge on any atom is 0.111 e. The highest BCUT2D eigenvalue weighted by molar-refractivity contribution is 6.10. The Hall–Kier alpha value is -4.02. The van der Waals surface area contributed by atoms with Crippen molar-refractivity contribution in [1.82, 2.24) is 19.8 Å². The Bertz CT molecular complexity index is 1560. The van der Waals surface area contributed by atoms with Gasteiger partial charge in [-0.1, -0.05) is 72.8 Å². The Morgan fingerprint density at radius 2 is 1.00 bits per heavy atom. The van der Waals surface area contributed by atoms with Gasteiger partial charge in [-0.25, -0.2) is 0 Å². The smallest absolute Gasteiger partial charge is 0.111 e. The van der Waals surface area contributed by atoms with Crippen LogP contribution >= 0.6 is 0 Å². The molecule has 2 aromatic heterocycles. The van der Waals surface area contributed by atoms with Crippen LogP contribution in [-0.4, -0.2) is 15.8 Å². The van der Waals surface area contributed by atoms with E-state index in [0.29, 0.717) is 6.67 Å². The highest BCUT2D eigenvalue weighted by atomic mass is 15.3. The summed E-state index contributed by atoms with van der Waals surface area (Å²) < 4.78 is 4.77. The van der Waals surface area contributed by atoms with Crippen LogP contribution in [0.3, 0.4) is 0 Å². The fourth-order valence-corrected chi connectivity index (χ4v) is 5.27. The average Bonchev–Trinajstić information content (AvgIpc) is 3.37. The zero-order valence-corrected chi connectivity index (χ0v) is 17.5. The number of hydrogen-bond acceptors (Lipinski definition) is 2. The molecule has 0 spiro atoms. The van der Waals surface area contributed by atoms with Crippen LogP contribution < -0.4 is 10.6 Å². The van der Waals surface area contributed by atoms with Gasteiger partial charge < -0.3 is 9.88 Å². The van der Waals surface area contributed by atoms with E-state index in [-0.39, 0.29) is 6.17 Å². The molecule has 1 aliphatic rings. The molecule has 7 rings (SSSR count). The molecule has 0 saturated heterocycles. The molecule has 3 heterocycles. The van der Waals surface area contributed by atoms with Crippen LogP contribution in [0.2, 0.25) is 0 Å². The van der Waals surface area contributed by atoms with E-state index < -0.39 is 0 Å². The summed E-state index contributed by atoms with van der Waals surface area (Å²) >= 11 is 0. The molecule has 154 valence electrons. The topological polar surface area (TPSA) is 33.9 Å². The van der Waals surface area contributed by atoms with Crippen LogP contribution in [0.1, 0.15) is 6.17 Å². The molecule has 2 N–H and O–H groups in total. The number of aromatic nitrogens is 2. The first-order valence-corrected chi connectivity index (χ1v) is 11.1. The van der Waals surface area contributed by atoms with Crippen molar-refractivity contribution in [2.75, 3.05) is 6.67 Å². The Balaban J connectivity index is 1.49. The molecule has 1 atom stereocenters. The summed E-state index contributed by atoms with van der Waals surface area (Å²) in [7, 11) is 0. The summed E-state index contributed by atoms with van der Waals surface area (Å²) in [6.45, 7) is 0.693. The Morgan fingerprint density at radius 3 is 1.53 bits per heavy atom. The standard InChI is InChI=1S/C28H22N4/c1-5-13-23-19(9-1)20-10-2-6-14-24(20)31(23)27-17-28(30-18-29-27)32-25-15-7-3-11-21(25)22-12-4-8-16-26(22)32/h1-17,27,29-30H,18H2. The van der Waals surface area contributed by atoms with Crippen LogP contribution in [0.5, 0.6) is 0 Å². The number of fused-ring (bicyclic) bond motifs is 6. The van der Waals surface area contributed by atoms with E-state index in [9.17, 15) is 0 Å². The molecule has 6 aromatic rings. The number of para-hydroxylation sites is 4. The lowest BCUT2D eigenvalue weighted by Gasteiger charge is -2.28. The highest BCUT2D eigenvalue weighted by Crippen LogP contribution is 2.35. The first-order chi connectivity index (χ1) is 15.9. The zero-order valence-electron chi connectivity index (χ0n) is 17.5. The molecule has 1 aliphatic heterocycles. The molecule has 4 nitrogen and oxygen atoms in total. The normalized spacial score (nSPS) is 16.6. The van der Waals surface area contributed by atoms with Gasteiger partial charge in [0, 0.05) is 21.5 Å². The van der Waals surface area contributed by atoms with Crippen molar-refractivity contribution in [3.05, 3.63) is 103 Å². The van der Waals surface area contributed by atoms with Crippen molar-refractivity contribution in [2.45, 2.75) is 6.17 Å². The summed E-state index contributed by atoms with van der Waals surface area (Å²) in [6.07, 6.45) is 2.34. The lowest BCUT2D eigenvalue weighted by Crippen LogP contribution is -2.39. The quantitative estimate of drug-likeness (QED) is 0.362. The third kappa shape index (κ3) is 2.41. The summed E-state index contributed by atoms with van der Waals surface area (Å²) in [4.78, 5) is 0. The summed E-state index contributed by atoms with van der Waals surface area (Å²) in [5.74, 6) is 1.10. The van der Waals surface area contributed by atoms with Gasteiger partial charge in [-0.15, -0.1) is 0 Å². The molecule has 0 fully saturated rings. The predicted molar refractivity (Wildman–Crippen MR) is 133 cm³/mol. The maximum atomic E-state index is 3.66. The average molecular weight is 415 g/mol. The SMILES string of the molecule is C1=C(n2c3ccccc3c3ccccc32)NCNC1n1c2ccccc2c2ccccc21. The van der Waals surface area contributed by atoms with Crippen molar-refractivity contribution in [1.29, 1.82) is 0 Å². The van der Waals surface area contributed by atoms with E-state index in [4.69, 9.17) is 0 Å². The summed E-state index contributed by atoms with van der Waals surface area (Å²) in [5.41, 5.74) is 4.92. The molecule has 0 bridgehead atoms. The van der Waals surface area contributed by atoms with Crippen LogP contribution in [0.15, 0.2) is 103 Å². The van der Waals surface area contributed by atoms with E-state index in [1.165, 1.54) is 43.6 Å². The van der Waals surface area contributed by atoms with E-state index in [0.717, 1.165) is 5.82 Å². The minimum atomic E-state index is 0.0379. The first kappa shape index (κ1) is 17.6. The van der Waals surface area contributed by atoms with Gasteiger partial charge in [0.1, 0.15) is 12.0 Å². The van der Waals surface area contributed by atoms with Gasteiger partial charge >= 0.3 is 0 Å². The lowest BCUT2D eigenvalue weighted by atomic mass is 10.2. The number of nitrogens with one attached hydrogen (secondary N) is 2. The second-order valence-electron chi connectivity index (χ2n) is 8.33. The van der Waals surface area contributed by atoms with Gasteiger partial charge in [-0.2, -0.15) is 0 Å². The predicted octanol–water partition coefficient (Wildman–Crippen LogP) is 6.05. The number of nitrogens with zero attached hydrogens (tertiary/aromatic N) is 2. The van der Waals surface area contributed by atoms with Crippen LogP contribution in [0.4, 0.5) is 0 Å². The van der Waals surface area contributed by atoms with Crippen molar-refractivity contribution in [3.63, 3.8) is 0 Å². The van der Waals surface area contributed by atoms with Crippen LogP contribution in [-0.2, 0) is 0 Å². The van der Waals surface area contributed by atoms with Crippen LogP contribution in [0, 0.1) is 0 Å². The molecular formula is C28H22N4. The third-order valence-electron chi connectivity index (χ3n) is 6.61. The Kier molecular flexibility index (Phi) is 3.72. The highest BCUT2D eigenvalue weighted by Gasteiger charge is 2.22. The van der Waals surface area contributed by atoms with Gasteiger partial charge in [-0.3, -0.25) is 9.88 Å². The van der Waals surface area contributed by atoms with Gasteiger partial charge in [0.05, 0.1) is 28.7 Å². The molecule has 32 heavy (non-hydrogen) atoms. The molecule has 0 saturated carbocycles. The molecule has 0 aliphatic carbocycles. The van der Waals surface area contributed by atoms with E-state index in [1.54, 1.807) is 0 Å². The minimum Gasteiger partial charge on any atom is -0.359 e. The molecular weight excluding hydrogens is 392 g/mol. The molecule has 1 unspecified atom stereocenters. The molecule has 0 radical (unpaired) electrons. The summed E-state index contributed by atoms with van der Waals surface area (Å²) in [6, 6.07) is 34.6. The fourth-order valence-electron chi connectivity index (χ4n) is 5.27. The molecule has 4 heteroatoms. The summed E-state index contributed by atoms with van der Waals surface area (Å²) in [5, 5.41) is 12.4. The van der Waals surface area contributed by atoms with E-state index in [2.05, 4.69) is 123 Å².